The summed E-state index contributed by atoms with van der Waals surface area (Å²) < 4.78 is 5.21. The molecule has 0 aromatic heterocycles. The minimum atomic E-state index is -1.40. The maximum absolute atomic E-state index is 11.4. The van der Waals surface area contributed by atoms with Gasteiger partial charge >= 0.3 is 5.97 Å². The molecular formula is C12H24O3. The topological polar surface area (TPSA) is 46.5 Å². The molecule has 3 nitrogen and oxygen atoms in total. The van der Waals surface area contributed by atoms with Crippen LogP contribution in [-0.2, 0) is 9.53 Å². The fraction of sp³-hybridized carbons (Fsp3) is 0.917. The molecule has 0 fully saturated rings. The van der Waals surface area contributed by atoms with Crippen LogP contribution in [-0.4, -0.2) is 22.8 Å². The van der Waals surface area contributed by atoms with Crippen LogP contribution >= 0.6 is 0 Å². The predicted molar refractivity (Wildman–Crippen MR) is 60.5 cm³/mol. The van der Waals surface area contributed by atoms with E-state index >= 15 is 0 Å². The van der Waals surface area contributed by atoms with Gasteiger partial charge in [0, 0.05) is 0 Å². The van der Waals surface area contributed by atoms with Gasteiger partial charge in [0.2, 0.25) is 0 Å². The lowest BCUT2D eigenvalue weighted by Crippen LogP contribution is -2.37. The van der Waals surface area contributed by atoms with Crippen LogP contribution in [0, 0.1) is 11.8 Å². The summed E-state index contributed by atoms with van der Waals surface area (Å²) in [6, 6.07) is 0. The highest BCUT2D eigenvalue weighted by Gasteiger charge is 2.29. The van der Waals surface area contributed by atoms with E-state index in [4.69, 9.17) is 4.74 Å². The van der Waals surface area contributed by atoms with Gasteiger partial charge in [-0.3, -0.25) is 0 Å². The number of hydrogen-bond donors (Lipinski definition) is 1. The van der Waals surface area contributed by atoms with Crippen molar-refractivity contribution in [2.75, 3.05) is 0 Å². The van der Waals surface area contributed by atoms with E-state index in [1.54, 1.807) is 0 Å². The third-order valence-electron chi connectivity index (χ3n) is 3.07. The van der Waals surface area contributed by atoms with Gasteiger partial charge < -0.3 is 9.84 Å². The van der Waals surface area contributed by atoms with Crippen LogP contribution < -0.4 is 0 Å². The molecule has 3 atom stereocenters. The van der Waals surface area contributed by atoms with Gasteiger partial charge in [-0.05, 0) is 32.6 Å². The third-order valence-corrected chi connectivity index (χ3v) is 3.07. The molecule has 0 aromatic rings. The van der Waals surface area contributed by atoms with E-state index in [-0.39, 0.29) is 6.10 Å². The zero-order valence-electron chi connectivity index (χ0n) is 10.7. The molecular weight excluding hydrogens is 192 g/mol. The molecule has 0 bridgehead atoms. The number of rotatable bonds is 5. The molecule has 0 spiro atoms. The molecule has 0 aliphatic rings. The Morgan fingerprint density at radius 2 is 1.80 bits per heavy atom. The third kappa shape index (κ3) is 4.65. The second kappa shape index (κ2) is 5.50. The van der Waals surface area contributed by atoms with Crippen molar-refractivity contribution >= 4 is 5.97 Å². The van der Waals surface area contributed by atoms with Crippen LogP contribution in [0.15, 0.2) is 0 Å². The van der Waals surface area contributed by atoms with E-state index < -0.39 is 11.6 Å². The quantitative estimate of drug-likeness (QED) is 0.718. The summed E-state index contributed by atoms with van der Waals surface area (Å²) in [5.41, 5.74) is -1.40. The summed E-state index contributed by atoms with van der Waals surface area (Å²) in [5.74, 6) is 0.265. The van der Waals surface area contributed by atoms with E-state index in [0.29, 0.717) is 11.8 Å². The SMILES string of the molecule is CCC(C)C(C)C(C)OC(=O)C(C)(C)O. The number of carbonyl (C=O) groups is 1. The van der Waals surface area contributed by atoms with Crippen molar-refractivity contribution < 1.29 is 14.6 Å². The van der Waals surface area contributed by atoms with Crippen molar-refractivity contribution in [2.24, 2.45) is 11.8 Å². The first kappa shape index (κ1) is 14.4. The lowest BCUT2D eigenvalue weighted by Gasteiger charge is -2.27. The average Bonchev–Trinajstić information content (AvgIpc) is 2.13. The zero-order valence-corrected chi connectivity index (χ0v) is 10.7. The highest BCUT2D eigenvalue weighted by atomic mass is 16.6. The van der Waals surface area contributed by atoms with Crippen molar-refractivity contribution in [1.29, 1.82) is 0 Å². The van der Waals surface area contributed by atoms with E-state index in [0.717, 1.165) is 6.42 Å². The van der Waals surface area contributed by atoms with Crippen LogP contribution in [0.25, 0.3) is 0 Å². The van der Waals surface area contributed by atoms with Gasteiger partial charge in [0.05, 0.1) is 0 Å². The fourth-order valence-corrected chi connectivity index (χ4v) is 1.25. The van der Waals surface area contributed by atoms with E-state index in [9.17, 15) is 9.90 Å². The van der Waals surface area contributed by atoms with Gasteiger partial charge in [0.1, 0.15) is 6.10 Å². The average molecular weight is 216 g/mol. The first-order valence-electron chi connectivity index (χ1n) is 5.63. The van der Waals surface area contributed by atoms with Gasteiger partial charge in [-0.2, -0.15) is 0 Å². The normalized spacial score (nSPS) is 18.1. The molecule has 1 N–H and O–H groups in total. The molecule has 0 heterocycles. The summed E-state index contributed by atoms with van der Waals surface area (Å²) in [6.07, 6.45) is 0.907. The number of carbonyl (C=O) groups excluding carboxylic acids is 1. The molecule has 0 amide bonds. The van der Waals surface area contributed by atoms with Crippen LogP contribution in [0.4, 0.5) is 0 Å². The Balaban J connectivity index is 4.25. The molecule has 90 valence electrons. The molecule has 0 aromatic carbocycles. The van der Waals surface area contributed by atoms with Crippen LogP contribution in [0.1, 0.15) is 48.0 Å². The van der Waals surface area contributed by atoms with Crippen molar-refractivity contribution in [3.8, 4) is 0 Å². The zero-order chi connectivity index (χ0) is 12.2. The summed E-state index contributed by atoms with van der Waals surface area (Å²) in [4.78, 5) is 11.4. The van der Waals surface area contributed by atoms with Crippen molar-refractivity contribution in [2.45, 2.75) is 59.7 Å². The summed E-state index contributed by atoms with van der Waals surface area (Å²) >= 11 is 0. The molecule has 3 unspecified atom stereocenters. The first-order chi connectivity index (χ1) is 6.70. The van der Waals surface area contributed by atoms with Gasteiger partial charge in [-0.1, -0.05) is 27.2 Å². The summed E-state index contributed by atoms with van der Waals surface area (Å²) in [5, 5.41) is 9.44. The van der Waals surface area contributed by atoms with Crippen molar-refractivity contribution in [1.82, 2.24) is 0 Å². The second-order valence-electron chi connectivity index (χ2n) is 4.91. The Labute approximate surface area is 92.8 Å². The molecule has 0 aliphatic carbocycles. The van der Waals surface area contributed by atoms with Crippen molar-refractivity contribution in [3.63, 3.8) is 0 Å². The lowest BCUT2D eigenvalue weighted by molar-refractivity contribution is -0.169. The van der Waals surface area contributed by atoms with Gasteiger partial charge in [-0.15, -0.1) is 0 Å². The number of hydrogen-bond acceptors (Lipinski definition) is 3. The van der Waals surface area contributed by atoms with Crippen LogP contribution in [0.5, 0.6) is 0 Å². The Bertz CT molecular complexity index is 205. The summed E-state index contributed by atoms with van der Waals surface area (Å²) in [7, 11) is 0. The van der Waals surface area contributed by atoms with Crippen LogP contribution in [0.3, 0.4) is 0 Å². The maximum atomic E-state index is 11.4. The standard InChI is InChI=1S/C12H24O3/c1-7-8(2)9(3)10(4)15-11(13)12(5,6)14/h8-10,14H,7H2,1-6H3. The van der Waals surface area contributed by atoms with E-state index in [2.05, 4.69) is 20.8 Å². The number of aliphatic hydroxyl groups is 1. The molecule has 3 heteroatoms. The first-order valence-corrected chi connectivity index (χ1v) is 5.63. The molecule has 0 radical (unpaired) electrons. The minimum absolute atomic E-state index is 0.154. The van der Waals surface area contributed by atoms with E-state index in [1.165, 1.54) is 13.8 Å². The molecule has 15 heavy (non-hydrogen) atoms. The molecule has 0 aliphatic heterocycles. The van der Waals surface area contributed by atoms with Crippen molar-refractivity contribution in [3.05, 3.63) is 0 Å². The summed E-state index contributed by atoms with van der Waals surface area (Å²) in [6.45, 7) is 11.1. The fourth-order valence-electron chi connectivity index (χ4n) is 1.25. The largest absolute Gasteiger partial charge is 0.460 e. The Morgan fingerprint density at radius 3 is 2.13 bits per heavy atom. The van der Waals surface area contributed by atoms with Gasteiger partial charge in [-0.25, -0.2) is 4.79 Å². The number of esters is 1. The molecule has 0 rings (SSSR count). The highest BCUT2D eigenvalue weighted by molar-refractivity contribution is 5.78. The highest BCUT2D eigenvalue weighted by Crippen LogP contribution is 2.21. The second-order valence-corrected chi connectivity index (χ2v) is 4.91. The predicted octanol–water partition coefficient (Wildman–Crippen LogP) is 2.37. The Hall–Kier alpha value is -0.570. The van der Waals surface area contributed by atoms with Gasteiger partial charge in [0.15, 0.2) is 5.60 Å². The minimum Gasteiger partial charge on any atom is -0.460 e. The molecule has 0 saturated carbocycles. The number of ether oxygens (including phenoxy) is 1. The van der Waals surface area contributed by atoms with E-state index in [1.807, 2.05) is 6.92 Å². The molecule has 0 saturated heterocycles. The lowest BCUT2D eigenvalue weighted by atomic mass is 9.89. The van der Waals surface area contributed by atoms with Crippen LogP contribution in [0.2, 0.25) is 0 Å². The van der Waals surface area contributed by atoms with Gasteiger partial charge in [0.25, 0.3) is 0 Å². The Kier molecular flexibility index (Phi) is 5.29. The Morgan fingerprint density at radius 1 is 1.33 bits per heavy atom. The monoisotopic (exact) mass is 216 g/mol. The maximum Gasteiger partial charge on any atom is 0.337 e. The smallest absolute Gasteiger partial charge is 0.337 e.